The lowest BCUT2D eigenvalue weighted by molar-refractivity contribution is -0.0916. The highest BCUT2D eigenvalue weighted by Gasteiger charge is 2.53. The molecule has 4 fully saturated rings. The standard InChI is InChI=1S/C16H29N/c1-3-4-16(2,10-17)15-13-6-11-5-12(8-13)9-14(15)7-11/h11-15H,3-10,17H2,1-2H3. The van der Waals surface area contributed by atoms with E-state index in [0.717, 1.165) is 36.1 Å². The first-order valence-electron chi connectivity index (χ1n) is 7.86. The molecule has 4 saturated carbocycles. The van der Waals surface area contributed by atoms with Crippen molar-refractivity contribution in [3.05, 3.63) is 0 Å². The molecule has 0 aromatic rings. The van der Waals surface area contributed by atoms with Gasteiger partial charge < -0.3 is 5.73 Å². The summed E-state index contributed by atoms with van der Waals surface area (Å²) in [5.74, 6) is 5.22. The molecule has 4 bridgehead atoms. The molecule has 1 unspecified atom stereocenters. The van der Waals surface area contributed by atoms with E-state index in [1.807, 2.05) is 0 Å². The van der Waals surface area contributed by atoms with E-state index in [2.05, 4.69) is 13.8 Å². The lowest BCUT2D eigenvalue weighted by atomic mass is 9.46. The van der Waals surface area contributed by atoms with E-state index in [9.17, 15) is 0 Å². The average Bonchev–Trinajstić information content (AvgIpc) is 2.27. The molecule has 4 rings (SSSR count). The summed E-state index contributed by atoms with van der Waals surface area (Å²) in [6.07, 6.45) is 10.4. The van der Waals surface area contributed by atoms with Gasteiger partial charge >= 0.3 is 0 Å². The molecule has 0 radical (unpaired) electrons. The normalized spacial score (nSPS) is 47.1. The van der Waals surface area contributed by atoms with E-state index in [4.69, 9.17) is 5.73 Å². The Balaban J connectivity index is 1.83. The van der Waals surface area contributed by atoms with Crippen LogP contribution in [0.5, 0.6) is 0 Å². The van der Waals surface area contributed by atoms with Gasteiger partial charge in [-0.1, -0.05) is 20.3 Å². The maximum absolute atomic E-state index is 6.17. The molecule has 0 aromatic heterocycles. The molecule has 98 valence electrons. The van der Waals surface area contributed by atoms with Crippen LogP contribution in [0.25, 0.3) is 0 Å². The molecule has 0 aliphatic heterocycles. The third-order valence-corrected chi connectivity index (χ3v) is 6.32. The molecular weight excluding hydrogens is 206 g/mol. The third-order valence-electron chi connectivity index (χ3n) is 6.32. The van der Waals surface area contributed by atoms with E-state index in [1.165, 1.54) is 38.5 Å². The fourth-order valence-electron chi connectivity index (χ4n) is 6.04. The Hall–Kier alpha value is -0.0400. The van der Waals surface area contributed by atoms with Crippen molar-refractivity contribution < 1.29 is 0 Å². The van der Waals surface area contributed by atoms with Gasteiger partial charge in [-0.05, 0) is 80.1 Å². The molecule has 2 N–H and O–H groups in total. The molecule has 1 nitrogen and oxygen atoms in total. The van der Waals surface area contributed by atoms with Gasteiger partial charge in [-0.25, -0.2) is 0 Å². The van der Waals surface area contributed by atoms with Crippen molar-refractivity contribution in [3.8, 4) is 0 Å². The quantitative estimate of drug-likeness (QED) is 0.787. The summed E-state index contributed by atoms with van der Waals surface area (Å²) in [6.45, 7) is 5.72. The Morgan fingerprint density at radius 2 is 1.53 bits per heavy atom. The molecular formula is C16H29N. The zero-order valence-corrected chi connectivity index (χ0v) is 11.6. The zero-order chi connectivity index (χ0) is 12.0. The fraction of sp³-hybridized carbons (Fsp3) is 1.00. The SMILES string of the molecule is CCCC(C)(CN)C1C2CC3CC(C2)CC1C3. The first kappa shape index (κ1) is 12.0. The van der Waals surface area contributed by atoms with Gasteiger partial charge in [0.25, 0.3) is 0 Å². The Morgan fingerprint density at radius 3 is 1.94 bits per heavy atom. The third kappa shape index (κ3) is 1.85. The molecule has 0 heterocycles. The smallest absolute Gasteiger partial charge is 0.00203 e. The molecule has 1 heteroatoms. The van der Waals surface area contributed by atoms with Crippen molar-refractivity contribution in [2.75, 3.05) is 6.54 Å². The summed E-state index contributed by atoms with van der Waals surface area (Å²) in [6, 6.07) is 0. The van der Waals surface area contributed by atoms with Gasteiger partial charge in [-0.2, -0.15) is 0 Å². The minimum absolute atomic E-state index is 0.442. The lowest BCUT2D eigenvalue weighted by Gasteiger charge is -2.59. The molecule has 4 aliphatic rings. The van der Waals surface area contributed by atoms with Crippen molar-refractivity contribution in [3.63, 3.8) is 0 Å². The topological polar surface area (TPSA) is 26.0 Å². The maximum atomic E-state index is 6.17. The van der Waals surface area contributed by atoms with Gasteiger partial charge in [-0.15, -0.1) is 0 Å². The average molecular weight is 235 g/mol. The van der Waals surface area contributed by atoms with Crippen LogP contribution in [0.1, 0.15) is 58.8 Å². The molecule has 1 atom stereocenters. The van der Waals surface area contributed by atoms with E-state index >= 15 is 0 Å². The monoisotopic (exact) mass is 235 g/mol. The number of rotatable bonds is 4. The second-order valence-corrected chi connectivity index (χ2v) is 7.56. The first-order chi connectivity index (χ1) is 8.16. The lowest BCUT2D eigenvalue weighted by Crippen LogP contribution is -2.53. The first-order valence-corrected chi connectivity index (χ1v) is 7.86. The summed E-state index contributed by atoms with van der Waals surface area (Å²) >= 11 is 0. The fourth-order valence-corrected chi connectivity index (χ4v) is 6.04. The largest absolute Gasteiger partial charge is 0.330 e. The van der Waals surface area contributed by atoms with E-state index < -0.39 is 0 Å². The molecule has 4 aliphatic carbocycles. The predicted octanol–water partition coefficient (Wildman–Crippen LogP) is 3.82. The Labute approximate surface area is 107 Å². The van der Waals surface area contributed by atoms with Crippen molar-refractivity contribution in [2.45, 2.75) is 58.8 Å². The van der Waals surface area contributed by atoms with Gasteiger partial charge in [0, 0.05) is 0 Å². The van der Waals surface area contributed by atoms with Gasteiger partial charge in [0.15, 0.2) is 0 Å². The van der Waals surface area contributed by atoms with E-state index in [1.54, 1.807) is 6.42 Å². The maximum Gasteiger partial charge on any atom is -0.00203 e. The van der Waals surface area contributed by atoms with Gasteiger partial charge in [-0.3, -0.25) is 0 Å². The summed E-state index contributed by atoms with van der Waals surface area (Å²) in [5, 5.41) is 0. The predicted molar refractivity (Wildman–Crippen MR) is 72.6 cm³/mol. The molecule has 17 heavy (non-hydrogen) atoms. The zero-order valence-electron chi connectivity index (χ0n) is 11.6. The van der Waals surface area contributed by atoms with Crippen LogP contribution < -0.4 is 5.73 Å². The molecule has 0 aromatic carbocycles. The second kappa shape index (κ2) is 4.26. The second-order valence-electron chi connectivity index (χ2n) is 7.56. The van der Waals surface area contributed by atoms with Crippen LogP contribution in [0, 0.1) is 35.0 Å². The van der Waals surface area contributed by atoms with Crippen LogP contribution in [-0.2, 0) is 0 Å². The molecule has 0 amide bonds. The van der Waals surface area contributed by atoms with Crippen molar-refractivity contribution >= 4 is 0 Å². The van der Waals surface area contributed by atoms with Crippen LogP contribution in [0.3, 0.4) is 0 Å². The van der Waals surface area contributed by atoms with Crippen molar-refractivity contribution in [1.29, 1.82) is 0 Å². The number of nitrogens with two attached hydrogens (primary N) is 1. The minimum atomic E-state index is 0.442. The van der Waals surface area contributed by atoms with E-state index in [0.29, 0.717) is 5.41 Å². The van der Waals surface area contributed by atoms with Gasteiger partial charge in [0.2, 0.25) is 0 Å². The highest BCUT2D eigenvalue weighted by Crippen LogP contribution is 2.61. The summed E-state index contributed by atoms with van der Waals surface area (Å²) in [5.41, 5.74) is 6.61. The van der Waals surface area contributed by atoms with Crippen LogP contribution >= 0.6 is 0 Å². The summed E-state index contributed by atoms with van der Waals surface area (Å²) in [7, 11) is 0. The van der Waals surface area contributed by atoms with Crippen molar-refractivity contribution in [2.24, 2.45) is 40.7 Å². The Morgan fingerprint density at radius 1 is 1.00 bits per heavy atom. The molecule has 0 spiro atoms. The summed E-state index contributed by atoms with van der Waals surface area (Å²) < 4.78 is 0. The van der Waals surface area contributed by atoms with Crippen LogP contribution in [0.4, 0.5) is 0 Å². The number of hydrogen-bond acceptors (Lipinski definition) is 1. The minimum Gasteiger partial charge on any atom is -0.330 e. The Bertz CT molecular complexity index is 257. The van der Waals surface area contributed by atoms with Gasteiger partial charge in [0.05, 0.1) is 0 Å². The highest BCUT2D eigenvalue weighted by atomic mass is 14.7. The molecule has 0 saturated heterocycles. The number of hydrogen-bond donors (Lipinski definition) is 1. The van der Waals surface area contributed by atoms with Crippen LogP contribution in [0.15, 0.2) is 0 Å². The van der Waals surface area contributed by atoms with E-state index in [-0.39, 0.29) is 0 Å². The van der Waals surface area contributed by atoms with Crippen LogP contribution in [-0.4, -0.2) is 6.54 Å². The van der Waals surface area contributed by atoms with Crippen molar-refractivity contribution in [1.82, 2.24) is 0 Å². The summed E-state index contributed by atoms with van der Waals surface area (Å²) in [4.78, 5) is 0. The van der Waals surface area contributed by atoms with Gasteiger partial charge in [0.1, 0.15) is 0 Å². The highest BCUT2D eigenvalue weighted by molar-refractivity contribution is 5.03. The van der Waals surface area contributed by atoms with Crippen LogP contribution in [0.2, 0.25) is 0 Å². The Kier molecular flexibility index (Phi) is 3.01.